The third-order valence-corrected chi connectivity index (χ3v) is 10.0. The number of carbonyl (C=O) groups excluding carboxylic acids is 3. The van der Waals surface area contributed by atoms with E-state index in [4.69, 9.17) is 14.2 Å². The number of rotatable bonds is 40. The van der Waals surface area contributed by atoms with Crippen LogP contribution in [0.4, 0.5) is 0 Å². The van der Waals surface area contributed by atoms with Crippen LogP contribution in [0.3, 0.4) is 0 Å². The van der Waals surface area contributed by atoms with Gasteiger partial charge >= 0.3 is 17.9 Å². The molecule has 0 aromatic heterocycles. The zero-order valence-electron chi connectivity index (χ0n) is 34.6. The molecule has 0 unspecified atom stereocenters. The first-order valence-corrected chi connectivity index (χ1v) is 22.4. The maximum Gasteiger partial charge on any atom is 0.306 e. The normalized spacial score (nSPS) is 11.9. The van der Waals surface area contributed by atoms with Gasteiger partial charge in [0.05, 0.1) is 0 Å². The molecule has 0 bridgehead atoms. The summed E-state index contributed by atoms with van der Waals surface area (Å²) in [6, 6.07) is 0. The van der Waals surface area contributed by atoms with Crippen LogP contribution >= 0.6 is 0 Å². The van der Waals surface area contributed by atoms with Crippen molar-refractivity contribution >= 4 is 17.9 Å². The van der Waals surface area contributed by atoms with E-state index in [9.17, 15) is 14.4 Å². The Morgan fingerprint density at radius 2 is 0.647 bits per heavy atom. The van der Waals surface area contributed by atoms with Gasteiger partial charge in [-0.3, -0.25) is 14.4 Å². The quantitative estimate of drug-likeness (QED) is 0.0356. The molecule has 0 saturated carbocycles. The van der Waals surface area contributed by atoms with Gasteiger partial charge in [0.2, 0.25) is 0 Å². The van der Waals surface area contributed by atoms with Crippen molar-refractivity contribution in [3.63, 3.8) is 0 Å². The van der Waals surface area contributed by atoms with Gasteiger partial charge in [0, 0.05) is 19.3 Å². The molecule has 0 aromatic rings. The molecule has 0 aliphatic rings. The van der Waals surface area contributed by atoms with Crippen LogP contribution in [0.5, 0.6) is 0 Å². The molecular weight excluding hydrogens is 636 g/mol. The Morgan fingerprint density at radius 1 is 0.373 bits per heavy atom. The second-order valence-electron chi connectivity index (χ2n) is 15.8. The molecule has 0 fully saturated rings. The standard InChI is InChI=1S/C45H86O6/c1-5-7-9-11-13-15-17-18-20-25-29-33-37-44(47)50-40-42(39-49-43(46)36-32-28-24-19-16-14-12-10-8-6-2)51-45(48)38-34-30-26-22-21-23-27-31-35-41(3)4/h41-42H,5-40H2,1-4H3/t42-/m0/s1. The van der Waals surface area contributed by atoms with Gasteiger partial charge in [-0.1, -0.05) is 207 Å². The van der Waals surface area contributed by atoms with E-state index in [1.54, 1.807) is 0 Å². The lowest BCUT2D eigenvalue weighted by molar-refractivity contribution is -0.167. The van der Waals surface area contributed by atoms with Gasteiger partial charge in [0.1, 0.15) is 13.2 Å². The van der Waals surface area contributed by atoms with Crippen molar-refractivity contribution in [1.82, 2.24) is 0 Å². The van der Waals surface area contributed by atoms with E-state index < -0.39 is 6.10 Å². The molecule has 0 spiro atoms. The van der Waals surface area contributed by atoms with Crippen LogP contribution in [-0.2, 0) is 28.6 Å². The van der Waals surface area contributed by atoms with Crippen LogP contribution < -0.4 is 0 Å². The zero-order chi connectivity index (χ0) is 37.5. The van der Waals surface area contributed by atoms with Gasteiger partial charge in [0.25, 0.3) is 0 Å². The molecule has 0 N–H and O–H groups in total. The molecule has 0 heterocycles. The fourth-order valence-electron chi connectivity index (χ4n) is 6.63. The van der Waals surface area contributed by atoms with Crippen molar-refractivity contribution in [2.75, 3.05) is 13.2 Å². The van der Waals surface area contributed by atoms with Crippen LogP contribution in [-0.4, -0.2) is 37.2 Å². The summed E-state index contributed by atoms with van der Waals surface area (Å²) < 4.78 is 16.7. The van der Waals surface area contributed by atoms with Crippen LogP contribution in [0.25, 0.3) is 0 Å². The Kier molecular flexibility index (Phi) is 38.4. The lowest BCUT2D eigenvalue weighted by Gasteiger charge is -2.18. The number of esters is 3. The van der Waals surface area contributed by atoms with E-state index in [0.717, 1.165) is 63.7 Å². The molecule has 0 radical (unpaired) electrons. The fraction of sp³-hybridized carbons (Fsp3) is 0.933. The lowest BCUT2D eigenvalue weighted by Crippen LogP contribution is -2.30. The van der Waals surface area contributed by atoms with Crippen molar-refractivity contribution in [2.45, 2.75) is 252 Å². The molecule has 0 aromatic carbocycles. The van der Waals surface area contributed by atoms with Crippen molar-refractivity contribution in [1.29, 1.82) is 0 Å². The Labute approximate surface area is 317 Å². The minimum atomic E-state index is -0.758. The van der Waals surface area contributed by atoms with E-state index in [1.807, 2.05) is 0 Å². The molecule has 6 nitrogen and oxygen atoms in total. The first-order chi connectivity index (χ1) is 24.9. The highest BCUT2D eigenvalue weighted by Gasteiger charge is 2.19. The van der Waals surface area contributed by atoms with E-state index in [0.29, 0.717) is 19.3 Å². The largest absolute Gasteiger partial charge is 0.462 e. The van der Waals surface area contributed by atoms with Gasteiger partial charge < -0.3 is 14.2 Å². The molecule has 302 valence electrons. The molecule has 0 aliphatic heterocycles. The maximum atomic E-state index is 12.7. The number of unbranched alkanes of at least 4 members (excludes halogenated alkanes) is 27. The van der Waals surface area contributed by atoms with Crippen LogP contribution in [0.1, 0.15) is 246 Å². The van der Waals surface area contributed by atoms with Crippen molar-refractivity contribution in [2.24, 2.45) is 5.92 Å². The summed E-state index contributed by atoms with van der Waals surface area (Å²) in [5.41, 5.74) is 0. The smallest absolute Gasteiger partial charge is 0.306 e. The Morgan fingerprint density at radius 3 is 0.961 bits per heavy atom. The van der Waals surface area contributed by atoms with Gasteiger partial charge in [0.15, 0.2) is 6.10 Å². The van der Waals surface area contributed by atoms with Crippen LogP contribution in [0, 0.1) is 5.92 Å². The van der Waals surface area contributed by atoms with Gasteiger partial charge in [-0.2, -0.15) is 0 Å². The van der Waals surface area contributed by atoms with Gasteiger partial charge in [-0.15, -0.1) is 0 Å². The van der Waals surface area contributed by atoms with E-state index in [2.05, 4.69) is 27.7 Å². The van der Waals surface area contributed by atoms with Gasteiger partial charge in [-0.25, -0.2) is 0 Å². The third-order valence-electron chi connectivity index (χ3n) is 10.0. The van der Waals surface area contributed by atoms with Crippen molar-refractivity contribution < 1.29 is 28.6 Å². The maximum absolute atomic E-state index is 12.7. The average molecular weight is 723 g/mol. The molecule has 1 atom stereocenters. The number of carbonyl (C=O) groups is 3. The second-order valence-corrected chi connectivity index (χ2v) is 15.8. The summed E-state index contributed by atoms with van der Waals surface area (Å²) in [4.78, 5) is 37.6. The summed E-state index contributed by atoms with van der Waals surface area (Å²) in [6.45, 7) is 8.94. The van der Waals surface area contributed by atoms with Crippen LogP contribution in [0.15, 0.2) is 0 Å². The predicted octanol–water partition coefficient (Wildman–Crippen LogP) is 13.9. The molecule has 6 heteroatoms. The fourth-order valence-corrected chi connectivity index (χ4v) is 6.63. The summed E-state index contributed by atoms with van der Waals surface area (Å²) in [7, 11) is 0. The molecular formula is C45H86O6. The Hall–Kier alpha value is -1.59. The van der Waals surface area contributed by atoms with E-state index >= 15 is 0 Å². The molecule has 0 saturated heterocycles. The van der Waals surface area contributed by atoms with Crippen molar-refractivity contribution in [3.05, 3.63) is 0 Å². The minimum absolute atomic E-state index is 0.0643. The molecule has 0 amide bonds. The molecule has 0 rings (SSSR count). The number of hydrogen-bond acceptors (Lipinski definition) is 6. The molecule has 0 aliphatic carbocycles. The first kappa shape index (κ1) is 49.4. The summed E-state index contributed by atoms with van der Waals surface area (Å²) >= 11 is 0. The Balaban J connectivity index is 4.33. The summed E-state index contributed by atoms with van der Waals surface area (Å²) in [6.07, 6.45) is 38.0. The number of ether oxygens (including phenoxy) is 3. The van der Waals surface area contributed by atoms with Gasteiger partial charge in [-0.05, 0) is 25.2 Å². The Bertz CT molecular complexity index is 766. The average Bonchev–Trinajstić information content (AvgIpc) is 3.11. The SMILES string of the molecule is CCCCCCCCCCCCCCC(=O)OC[C@H](COC(=O)CCCCCCCCCCCC)OC(=O)CCCCCCCCCCC(C)C. The second kappa shape index (κ2) is 39.6. The minimum Gasteiger partial charge on any atom is -0.462 e. The molecule has 51 heavy (non-hydrogen) atoms. The van der Waals surface area contributed by atoms with Crippen LogP contribution in [0.2, 0.25) is 0 Å². The van der Waals surface area contributed by atoms with E-state index in [1.165, 1.54) is 141 Å². The topological polar surface area (TPSA) is 78.9 Å². The zero-order valence-corrected chi connectivity index (χ0v) is 34.6. The van der Waals surface area contributed by atoms with E-state index in [-0.39, 0.29) is 31.1 Å². The summed E-state index contributed by atoms with van der Waals surface area (Å²) in [5, 5.41) is 0. The number of hydrogen-bond donors (Lipinski definition) is 0. The monoisotopic (exact) mass is 723 g/mol. The highest BCUT2D eigenvalue weighted by Crippen LogP contribution is 2.16. The highest BCUT2D eigenvalue weighted by atomic mass is 16.6. The third kappa shape index (κ3) is 39.5. The lowest BCUT2D eigenvalue weighted by atomic mass is 10.0. The highest BCUT2D eigenvalue weighted by molar-refractivity contribution is 5.71. The van der Waals surface area contributed by atoms with Crippen molar-refractivity contribution in [3.8, 4) is 0 Å². The summed E-state index contributed by atoms with van der Waals surface area (Å²) in [5.74, 6) is -0.0648. The predicted molar refractivity (Wildman–Crippen MR) is 215 cm³/mol. The first-order valence-electron chi connectivity index (χ1n) is 22.4.